The maximum Gasteiger partial charge on any atom is 0.311 e. The third-order valence-electron chi connectivity index (χ3n) is 4.72. The lowest BCUT2D eigenvalue weighted by atomic mass is 9.80. The van der Waals surface area contributed by atoms with Crippen molar-refractivity contribution >= 4 is 11.9 Å². The van der Waals surface area contributed by atoms with E-state index in [0.717, 1.165) is 12.0 Å². The molecule has 0 aromatic heterocycles. The zero-order valence-corrected chi connectivity index (χ0v) is 13.6. The second-order valence-corrected chi connectivity index (χ2v) is 6.19. The molecule has 2 N–H and O–H groups in total. The van der Waals surface area contributed by atoms with Gasteiger partial charge in [0.05, 0.1) is 5.41 Å². The van der Waals surface area contributed by atoms with Crippen LogP contribution in [0.3, 0.4) is 0 Å². The van der Waals surface area contributed by atoms with Gasteiger partial charge in [0.2, 0.25) is 5.91 Å². The number of carbonyl (C=O) groups excluding carboxylic acids is 1. The van der Waals surface area contributed by atoms with E-state index in [2.05, 4.69) is 12.2 Å². The smallest absolute Gasteiger partial charge is 0.311 e. The number of aliphatic carboxylic acids is 1. The number of hydrogen-bond donors (Lipinski definition) is 2. The maximum absolute atomic E-state index is 12.3. The van der Waals surface area contributed by atoms with Gasteiger partial charge in [-0.2, -0.15) is 0 Å². The topological polar surface area (TPSA) is 75.6 Å². The van der Waals surface area contributed by atoms with Crippen LogP contribution in [0.5, 0.6) is 0 Å². The molecule has 1 saturated heterocycles. The van der Waals surface area contributed by atoms with Gasteiger partial charge in [-0.25, -0.2) is 0 Å². The van der Waals surface area contributed by atoms with Gasteiger partial charge < -0.3 is 15.2 Å². The van der Waals surface area contributed by atoms with Crippen LogP contribution in [0.2, 0.25) is 0 Å². The second kappa shape index (κ2) is 8.11. The molecule has 0 radical (unpaired) electrons. The highest BCUT2D eigenvalue weighted by Crippen LogP contribution is 2.30. The van der Waals surface area contributed by atoms with E-state index >= 15 is 0 Å². The zero-order chi connectivity index (χ0) is 16.7. The van der Waals surface area contributed by atoms with Crippen molar-refractivity contribution in [3.05, 3.63) is 35.9 Å². The largest absolute Gasteiger partial charge is 0.481 e. The summed E-state index contributed by atoms with van der Waals surface area (Å²) in [5, 5.41) is 12.3. The van der Waals surface area contributed by atoms with Crippen LogP contribution in [0.15, 0.2) is 30.3 Å². The van der Waals surface area contributed by atoms with Crippen LogP contribution in [-0.4, -0.2) is 36.7 Å². The van der Waals surface area contributed by atoms with E-state index in [-0.39, 0.29) is 18.4 Å². The predicted molar refractivity (Wildman–Crippen MR) is 87.2 cm³/mol. The molecule has 1 aliphatic heterocycles. The number of ether oxygens (including phenoxy) is 1. The highest BCUT2D eigenvalue weighted by molar-refractivity contribution is 5.79. The quantitative estimate of drug-likeness (QED) is 0.810. The SMILES string of the molecule is CCC(CC(=O)NCC1(C(=O)O)CCOCC1)c1ccccc1. The standard InChI is InChI=1S/C18H25NO4/c1-2-14(15-6-4-3-5-7-15)12-16(20)19-13-18(17(21)22)8-10-23-11-9-18/h3-7,14H,2,8-13H2,1H3,(H,19,20)(H,21,22). The Hall–Kier alpha value is -1.88. The van der Waals surface area contributed by atoms with Gasteiger partial charge >= 0.3 is 5.97 Å². The van der Waals surface area contributed by atoms with E-state index in [4.69, 9.17) is 4.74 Å². The second-order valence-electron chi connectivity index (χ2n) is 6.19. The van der Waals surface area contributed by atoms with E-state index in [9.17, 15) is 14.7 Å². The van der Waals surface area contributed by atoms with E-state index in [0.29, 0.717) is 32.5 Å². The molecule has 1 aromatic carbocycles. The average Bonchev–Trinajstić information content (AvgIpc) is 2.59. The van der Waals surface area contributed by atoms with Crippen LogP contribution in [-0.2, 0) is 14.3 Å². The van der Waals surface area contributed by atoms with Crippen molar-refractivity contribution in [1.82, 2.24) is 5.32 Å². The Balaban J connectivity index is 1.92. The van der Waals surface area contributed by atoms with Crippen molar-refractivity contribution in [2.24, 2.45) is 5.41 Å². The molecule has 2 rings (SSSR count). The minimum absolute atomic E-state index is 0.0900. The lowest BCUT2D eigenvalue weighted by Crippen LogP contribution is -2.46. The van der Waals surface area contributed by atoms with Crippen molar-refractivity contribution < 1.29 is 19.4 Å². The summed E-state index contributed by atoms with van der Waals surface area (Å²) < 4.78 is 5.25. The van der Waals surface area contributed by atoms with E-state index < -0.39 is 11.4 Å². The number of nitrogens with one attached hydrogen (secondary N) is 1. The normalized spacial score (nSPS) is 18.1. The Morgan fingerprint density at radius 1 is 1.26 bits per heavy atom. The zero-order valence-electron chi connectivity index (χ0n) is 13.6. The molecule has 0 aliphatic carbocycles. The van der Waals surface area contributed by atoms with Crippen LogP contribution in [0.1, 0.15) is 44.1 Å². The summed E-state index contributed by atoms with van der Waals surface area (Å²) in [5.41, 5.74) is 0.256. The first-order valence-corrected chi connectivity index (χ1v) is 8.20. The minimum Gasteiger partial charge on any atom is -0.481 e. The van der Waals surface area contributed by atoms with Gasteiger partial charge in [-0.3, -0.25) is 9.59 Å². The van der Waals surface area contributed by atoms with E-state index in [1.165, 1.54) is 0 Å². The number of carboxylic acids is 1. The summed E-state index contributed by atoms with van der Waals surface area (Å²) in [5.74, 6) is -0.782. The molecule has 0 spiro atoms. The van der Waals surface area contributed by atoms with Gasteiger partial charge in [0.25, 0.3) is 0 Å². The molecule has 1 unspecified atom stereocenters. The molecule has 0 saturated carbocycles. The fourth-order valence-corrected chi connectivity index (χ4v) is 3.02. The first-order chi connectivity index (χ1) is 11.1. The molecule has 1 aromatic rings. The molecule has 126 valence electrons. The summed E-state index contributed by atoms with van der Waals surface area (Å²) in [4.78, 5) is 23.8. The number of carboxylic acid groups (broad SMARTS) is 1. The van der Waals surface area contributed by atoms with Crippen molar-refractivity contribution in [3.8, 4) is 0 Å². The summed E-state index contributed by atoms with van der Waals surface area (Å²) in [6.07, 6.45) is 2.14. The number of benzene rings is 1. The van der Waals surface area contributed by atoms with Crippen molar-refractivity contribution in [1.29, 1.82) is 0 Å². The van der Waals surface area contributed by atoms with Gasteiger partial charge in [0.1, 0.15) is 0 Å². The Bertz CT molecular complexity index is 523. The van der Waals surface area contributed by atoms with Crippen LogP contribution in [0.25, 0.3) is 0 Å². The monoisotopic (exact) mass is 319 g/mol. The van der Waals surface area contributed by atoms with Crippen LogP contribution >= 0.6 is 0 Å². The summed E-state index contributed by atoms with van der Waals surface area (Å²) in [7, 11) is 0. The molecule has 5 nitrogen and oxygen atoms in total. The number of hydrogen-bond acceptors (Lipinski definition) is 3. The van der Waals surface area contributed by atoms with Crippen LogP contribution < -0.4 is 5.32 Å². The van der Waals surface area contributed by atoms with E-state index in [1.54, 1.807) is 0 Å². The number of amides is 1. The highest BCUT2D eigenvalue weighted by Gasteiger charge is 2.40. The first kappa shape index (κ1) is 17.5. The van der Waals surface area contributed by atoms with Crippen molar-refractivity contribution in [2.45, 2.75) is 38.5 Å². The Kier molecular flexibility index (Phi) is 6.16. The predicted octanol–water partition coefficient (Wildman–Crippen LogP) is 2.57. The van der Waals surface area contributed by atoms with Gasteiger partial charge in [0.15, 0.2) is 0 Å². The summed E-state index contributed by atoms with van der Waals surface area (Å²) >= 11 is 0. The summed E-state index contributed by atoms with van der Waals surface area (Å²) in [6.45, 7) is 3.10. The molecular formula is C18H25NO4. The molecule has 1 atom stereocenters. The maximum atomic E-state index is 12.3. The van der Waals surface area contributed by atoms with Crippen LogP contribution in [0, 0.1) is 5.41 Å². The molecule has 23 heavy (non-hydrogen) atoms. The molecule has 1 heterocycles. The van der Waals surface area contributed by atoms with Crippen LogP contribution in [0.4, 0.5) is 0 Å². The molecule has 5 heteroatoms. The highest BCUT2D eigenvalue weighted by atomic mass is 16.5. The van der Waals surface area contributed by atoms with E-state index in [1.807, 2.05) is 30.3 Å². The lowest BCUT2D eigenvalue weighted by molar-refractivity contribution is -0.154. The summed E-state index contributed by atoms with van der Waals surface area (Å²) in [6, 6.07) is 9.95. The molecule has 1 aliphatic rings. The fraction of sp³-hybridized carbons (Fsp3) is 0.556. The number of carbonyl (C=O) groups is 2. The molecule has 1 fully saturated rings. The third-order valence-corrected chi connectivity index (χ3v) is 4.72. The van der Waals surface area contributed by atoms with Gasteiger partial charge in [-0.05, 0) is 30.7 Å². The van der Waals surface area contributed by atoms with Gasteiger partial charge in [-0.15, -0.1) is 0 Å². The fourth-order valence-electron chi connectivity index (χ4n) is 3.02. The third kappa shape index (κ3) is 4.55. The Morgan fingerprint density at radius 3 is 2.48 bits per heavy atom. The molecular weight excluding hydrogens is 294 g/mol. The average molecular weight is 319 g/mol. The Labute approximate surface area is 137 Å². The molecule has 1 amide bonds. The first-order valence-electron chi connectivity index (χ1n) is 8.20. The van der Waals surface area contributed by atoms with Crippen molar-refractivity contribution in [2.75, 3.05) is 19.8 Å². The van der Waals surface area contributed by atoms with Crippen molar-refractivity contribution in [3.63, 3.8) is 0 Å². The van der Waals surface area contributed by atoms with Gasteiger partial charge in [-0.1, -0.05) is 37.3 Å². The lowest BCUT2D eigenvalue weighted by Gasteiger charge is -2.33. The Morgan fingerprint density at radius 2 is 1.91 bits per heavy atom. The molecule has 0 bridgehead atoms. The minimum atomic E-state index is -0.887. The number of rotatable bonds is 7. The van der Waals surface area contributed by atoms with Gasteiger partial charge in [0, 0.05) is 26.2 Å².